The Labute approximate surface area is 160 Å². The van der Waals surface area contributed by atoms with Gasteiger partial charge < -0.3 is 10.2 Å². The molecule has 0 aromatic heterocycles. The van der Waals surface area contributed by atoms with Crippen molar-refractivity contribution in [2.24, 2.45) is 0 Å². The number of carbonyl (C=O) groups excluding carboxylic acids is 1. The van der Waals surface area contributed by atoms with Crippen LogP contribution < -0.4 is 10.2 Å². The number of benzene rings is 2. The van der Waals surface area contributed by atoms with Gasteiger partial charge in [0.2, 0.25) is 15.9 Å². The molecule has 0 saturated carbocycles. The SMILES string of the molecule is CC(=O)Nc1ccc(S(=O)(=O)N2CC[NH+](CCc3ccccc3)CC2)cc1. The molecule has 3 rings (SSSR count). The van der Waals surface area contributed by atoms with Gasteiger partial charge in [0.05, 0.1) is 37.6 Å². The first kappa shape index (κ1) is 19.5. The normalized spacial score (nSPS) is 16.2. The van der Waals surface area contributed by atoms with Crippen LogP contribution >= 0.6 is 0 Å². The molecular weight excluding hydrogens is 362 g/mol. The number of sulfonamides is 1. The Bertz CT molecular complexity index is 859. The Morgan fingerprint density at radius 2 is 1.67 bits per heavy atom. The van der Waals surface area contributed by atoms with E-state index >= 15 is 0 Å². The van der Waals surface area contributed by atoms with Crippen molar-refractivity contribution in [3.63, 3.8) is 0 Å². The second-order valence-corrected chi connectivity index (χ2v) is 8.78. The van der Waals surface area contributed by atoms with Gasteiger partial charge >= 0.3 is 0 Å². The maximum atomic E-state index is 12.8. The highest BCUT2D eigenvalue weighted by molar-refractivity contribution is 7.89. The zero-order chi connectivity index (χ0) is 19.3. The molecule has 0 aliphatic carbocycles. The maximum absolute atomic E-state index is 12.8. The third kappa shape index (κ3) is 5.15. The number of anilines is 1. The summed E-state index contributed by atoms with van der Waals surface area (Å²) >= 11 is 0. The van der Waals surface area contributed by atoms with Gasteiger partial charge in [-0.3, -0.25) is 4.79 Å². The topological polar surface area (TPSA) is 70.9 Å². The first-order valence-corrected chi connectivity index (χ1v) is 10.6. The van der Waals surface area contributed by atoms with E-state index in [4.69, 9.17) is 0 Å². The minimum Gasteiger partial charge on any atom is -0.332 e. The zero-order valence-electron chi connectivity index (χ0n) is 15.5. The molecule has 1 amide bonds. The van der Waals surface area contributed by atoms with Gasteiger partial charge in [0.15, 0.2) is 0 Å². The summed E-state index contributed by atoms with van der Waals surface area (Å²) in [5, 5.41) is 2.65. The molecule has 2 aromatic carbocycles. The predicted molar refractivity (Wildman–Crippen MR) is 105 cm³/mol. The molecule has 2 aromatic rings. The van der Waals surface area contributed by atoms with Crippen LogP contribution in [-0.2, 0) is 21.2 Å². The highest BCUT2D eigenvalue weighted by Gasteiger charge is 2.30. The van der Waals surface area contributed by atoms with Crippen molar-refractivity contribution in [1.82, 2.24) is 4.31 Å². The molecule has 1 fully saturated rings. The van der Waals surface area contributed by atoms with Crippen LogP contribution in [0.15, 0.2) is 59.5 Å². The third-order valence-corrected chi connectivity index (χ3v) is 6.76. The molecule has 0 bridgehead atoms. The minimum absolute atomic E-state index is 0.180. The molecule has 27 heavy (non-hydrogen) atoms. The monoisotopic (exact) mass is 388 g/mol. The maximum Gasteiger partial charge on any atom is 0.243 e. The second-order valence-electron chi connectivity index (χ2n) is 6.85. The van der Waals surface area contributed by atoms with Crippen molar-refractivity contribution >= 4 is 21.6 Å². The summed E-state index contributed by atoms with van der Waals surface area (Å²) in [6.07, 6.45) is 1.01. The van der Waals surface area contributed by atoms with Crippen LogP contribution in [-0.4, -0.2) is 51.4 Å². The van der Waals surface area contributed by atoms with E-state index in [0.29, 0.717) is 18.8 Å². The van der Waals surface area contributed by atoms with Crippen LogP contribution in [0.25, 0.3) is 0 Å². The summed E-state index contributed by atoms with van der Waals surface area (Å²) in [7, 11) is -3.49. The van der Waals surface area contributed by atoms with Gasteiger partial charge in [-0.05, 0) is 29.8 Å². The first-order valence-electron chi connectivity index (χ1n) is 9.20. The van der Waals surface area contributed by atoms with Crippen LogP contribution in [0.4, 0.5) is 5.69 Å². The van der Waals surface area contributed by atoms with Crippen molar-refractivity contribution in [1.29, 1.82) is 0 Å². The van der Waals surface area contributed by atoms with Gasteiger partial charge in [-0.15, -0.1) is 0 Å². The van der Waals surface area contributed by atoms with E-state index in [1.54, 1.807) is 28.6 Å². The van der Waals surface area contributed by atoms with Gasteiger partial charge in [0.1, 0.15) is 0 Å². The van der Waals surface area contributed by atoms with Crippen molar-refractivity contribution in [3.8, 4) is 0 Å². The first-order chi connectivity index (χ1) is 12.9. The number of hydrogen-bond donors (Lipinski definition) is 2. The van der Waals surface area contributed by atoms with Crippen molar-refractivity contribution in [3.05, 3.63) is 60.2 Å². The van der Waals surface area contributed by atoms with Crippen LogP contribution in [0.1, 0.15) is 12.5 Å². The molecule has 144 valence electrons. The molecule has 7 heteroatoms. The van der Waals surface area contributed by atoms with E-state index in [-0.39, 0.29) is 10.8 Å². The Morgan fingerprint density at radius 1 is 1.04 bits per heavy atom. The predicted octanol–water partition coefficient (Wildman–Crippen LogP) is 0.777. The standard InChI is InChI=1S/C20H25N3O3S/c1-17(24)21-19-7-9-20(10-8-19)27(25,26)23-15-13-22(14-16-23)12-11-18-5-3-2-4-6-18/h2-10H,11-16H2,1H3,(H,21,24)/p+1. The molecule has 1 saturated heterocycles. The summed E-state index contributed by atoms with van der Waals surface area (Å²) in [6, 6.07) is 16.7. The smallest absolute Gasteiger partial charge is 0.243 e. The number of amides is 1. The van der Waals surface area contributed by atoms with Gasteiger partial charge in [-0.2, -0.15) is 4.31 Å². The number of carbonyl (C=O) groups is 1. The summed E-state index contributed by atoms with van der Waals surface area (Å²) in [5.74, 6) is -0.180. The summed E-state index contributed by atoms with van der Waals surface area (Å²) in [6.45, 7) is 5.12. The highest BCUT2D eigenvalue weighted by atomic mass is 32.2. The van der Waals surface area contributed by atoms with Crippen molar-refractivity contribution in [2.45, 2.75) is 18.2 Å². The fourth-order valence-electron chi connectivity index (χ4n) is 3.32. The summed E-state index contributed by atoms with van der Waals surface area (Å²) in [5.41, 5.74) is 1.91. The molecule has 0 unspecified atom stereocenters. The molecule has 0 atom stereocenters. The number of piperazine rings is 1. The number of nitrogens with one attached hydrogen (secondary N) is 2. The molecular formula is C20H26N3O3S+. The van der Waals surface area contributed by atoms with Gasteiger partial charge in [0, 0.05) is 19.0 Å². The fraction of sp³-hybridized carbons (Fsp3) is 0.350. The summed E-state index contributed by atoms with van der Waals surface area (Å²) in [4.78, 5) is 12.8. The lowest BCUT2D eigenvalue weighted by Crippen LogP contribution is -3.15. The van der Waals surface area contributed by atoms with Crippen molar-refractivity contribution in [2.75, 3.05) is 38.0 Å². The van der Waals surface area contributed by atoms with E-state index in [1.165, 1.54) is 17.4 Å². The second kappa shape index (κ2) is 8.65. The van der Waals surface area contributed by atoms with Crippen molar-refractivity contribution < 1.29 is 18.1 Å². The van der Waals surface area contributed by atoms with E-state index in [1.807, 2.05) is 18.2 Å². The van der Waals surface area contributed by atoms with E-state index in [0.717, 1.165) is 26.1 Å². The average Bonchev–Trinajstić information content (AvgIpc) is 2.67. The van der Waals surface area contributed by atoms with Gasteiger partial charge in [0.25, 0.3) is 0 Å². The molecule has 0 radical (unpaired) electrons. The third-order valence-electron chi connectivity index (χ3n) is 4.85. The van der Waals surface area contributed by atoms with Gasteiger partial charge in [-0.25, -0.2) is 8.42 Å². The Hall–Kier alpha value is -2.22. The lowest BCUT2D eigenvalue weighted by molar-refractivity contribution is -0.903. The van der Waals surface area contributed by atoms with Crippen LogP contribution in [0, 0.1) is 0 Å². The van der Waals surface area contributed by atoms with E-state index < -0.39 is 10.0 Å². The number of rotatable bonds is 6. The quantitative estimate of drug-likeness (QED) is 0.768. The van der Waals surface area contributed by atoms with Gasteiger partial charge in [-0.1, -0.05) is 30.3 Å². The largest absolute Gasteiger partial charge is 0.332 e. The number of nitrogens with zero attached hydrogens (tertiary/aromatic N) is 1. The summed E-state index contributed by atoms with van der Waals surface area (Å²) < 4.78 is 27.2. The Kier molecular flexibility index (Phi) is 6.26. The molecule has 1 heterocycles. The highest BCUT2D eigenvalue weighted by Crippen LogP contribution is 2.18. The van der Waals surface area contributed by atoms with Crippen LogP contribution in [0.3, 0.4) is 0 Å². The van der Waals surface area contributed by atoms with Crippen LogP contribution in [0.2, 0.25) is 0 Å². The Morgan fingerprint density at radius 3 is 2.26 bits per heavy atom. The molecule has 2 N–H and O–H groups in total. The zero-order valence-corrected chi connectivity index (χ0v) is 16.3. The van der Waals surface area contributed by atoms with Crippen LogP contribution in [0.5, 0.6) is 0 Å². The average molecular weight is 389 g/mol. The Balaban J connectivity index is 1.55. The molecule has 0 spiro atoms. The molecule has 6 nitrogen and oxygen atoms in total. The van der Waals surface area contributed by atoms with E-state index in [9.17, 15) is 13.2 Å². The minimum atomic E-state index is -3.49. The number of hydrogen-bond acceptors (Lipinski definition) is 3. The molecule has 1 aliphatic rings. The lowest BCUT2D eigenvalue weighted by Gasteiger charge is -2.31. The van der Waals surface area contributed by atoms with E-state index in [2.05, 4.69) is 17.4 Å². The number of quaternary nitrogens is 1. The molecule has 1 aliphatic heterocycles. The fourth-order valence-corrected chi connectivity index (χ4v) is 4.76. The lowest BCUT2D eigenvalue weighted by atomic mass is 10.1.